The molecule has 3 N–H and O–H groups in total. The van der Waals surface area contributed by atoms with Crippen molar-refractivity contribution in [3.63, 3.8) is 0 Å². The standard InChI is InChI=1S/C25H32N4O4/c1-5-19-22(26-24(31)21(23(19)30)25(32)33)15-6-7-20-16(12-15)13-18(28(20)4)14-29-10-8-17(9-11-29)27(2)3/h6-7,12-13,17H,5,8-11,14H2,1-4H3,(H,32,33)(H2,26,30,31). The van der Waals surface area contributed by atoms with Gasteiger partial charge < -0.3 is 24.7 Å². The maximum absolute atomic E-state index is 12.3. The van der Waals surface area contributed by atoms with Gasteiger partial charge in [-0.2, -0.15) is 0 Å². The fourth-order valence-electron chi connectivity index (χ4n) is 4.95. The summed E-state index contributed by atoms with van der Waals surface area (Å²) in [5.41, 5.74) is 2.52. The molecule has 0 radical (unpaired) electrons. The van der Waals surface area contributed by atoms with E-state index in [2.05, 4.69) is 46.6 Å². The van der Waals surface area contributed by atoms with Gasteiger partial charge in [-0.25, -0.2) is 4.79 Å². The summed E-state index contributed by atoms with van der Waals surface area (Å²) < 4.78 is 2.20. The van der Waals surface area contributed by atoms with Crippen molar-refractivity contribution in [1.29, 1.82) is 0 Å². The molecule has 1 aliphatic heterocycles. The van der Waals surface area contributed by atoms with Crippen LogP contribution in [0.5, 0.6) is 5.75 Å². The average molecular weight is 453 g/mol. The van der Waals surface area contributed by atoms with E-state index in [4.69, 9.17) is 0 Å². The van der Waals surface area contributed by atoms with Crippen LogP contribution in [0.3, 0.4) is 0 Å². The number of hydrogen-bond acceptors (Lipinski definition) is 5. The second-order valence-corrected chi connectivity index (χ2v) is 9.13. The summed E-state index contributed by atoms with van der Waals surface area (Å²) in [5, 5.41) is 20.8. The number of likely N-dealkylation sites (tertiary alicyclic amines) is 1. The van der Waals surface area contributed by atoms with Gasteiger partial charge in [0.05, 0.1) is 5.69 Å². The molecule has 1 fully saturated rings. The van der Waals surface area contributed by atoms with Gasteiger partial charge in [-0.1, -0.05) is 13.0 Å². The molecule has 3 heterocycles. The zero-order chi connectivity index (χ0) is 23.9. The van der Waals surface area contributed by atoms with Gasteiger partial charge in [-0.3, -0.25) is 9.69 Å². The predicted octanol–water partition coefficient (Wildman–Crippen LogP) is 3.03. The van der Waals surface area contributed by atoms with E-state index in [1.54, 1.807) is 0 Å². The molecule has 8 heteroatoms. The summed E-state index contributed by atoms with van der Waals surface area (Å²) in [7, 11) is 6.36. The third-order valence-corrected chi connectivity index (χ3v) is 6.96. The van der Waals surface area contributed by atoms with Crippen LogP contribution in [0.15, 0.2) is 29.1 Å². The highest BCUT2D eigenvalue weighted by molar-refractivity contribution is 5.92. The van der Waals surface area contributed by atoms with Gasteiger partial charge in [0.25, 0.3) is 5.56 Å². The summed E-state index contributed by atoms with van der Waals surface area (Å²) in [4.78, 5) is 31.2. The topological polar surface area (TPSA) is 102 Å². The fourth-order valence-corrected chi connectivity index (χ4v) is 4.95. The number of fused-ring (bicyclic) bond motifs is 1. The van der Waals surface area contributed by atoms with E-state index in [1.807, 2.05) is 25.1 Å². The number of H-pyrrole nitrogens is 1. The van der Waals surface area contributed by atoms with Crippen molar-refractivity contribution >= 4 is 16.9 Å². The molecule has 176 valence electrons. The van der Waals surface area contributed by atoms with Crippen LogP contribution in [0.25, 0.3) is 22.2 Å². The maximum Gasteiger partial charge on any atom is 0.345 e. The fraction of sp³-hybridized carbons (Fsp3) is 0.440. The maximum atomic E-state index is 12.3. The van der Waals surface area contributed by atoms with E-state index < -0.39 is 22.8 Å². The highest BCUT2D eigenvalue weighted by atomic mass is 16.4. The van der Waals surface area contributed by atoms with Crippen LogP contribution in [-0.2, 0) is 20.0 Å². The van der Waals surface area contributed by atoms with Crippen molar-refractivity contribution in [2.45, 2.75) is 38.8 Å². The molecule has 0 spiro atoms. The molecule has 3 aromatic rings. The third-order valence-electron chi connectivity index (χ3n) is 6.96. The summed E-state index contributed by atoms with van der Waals surface area (Å²) in [6, 6.07) is 8.72. The number of carboxylic acid groups (broad SMARTS) is 1. The summed E-state index contributed by atoms with van der Waals surface area (Å²) in [6.45, 7) is 4.85. The number of aromatic carboxylic acids is 1. The highest BCUT2D eigenvalue weighted by Gasteiger charge is 2.23. The van der Waals surface area contributed by atoms with Crippen LogP contribution < -0.4 is 5.56 Å². The molecule has 2 aromatic heterocycles. The Labute approximate surface area is 193 Å². The van der Waals surface area contributed by atoms with Crippen molar-refractivity contribution in [2.75, 3.05) is 27.2 Å². The quantitative estimate of drug-likeness (QED) is 0.531. The van der Waals surface area contributed by atoms with Crippen LogP contribution in [0.1, 0.15) is 41.4 Å². The molecule has 0 amide bonds. The SMILES string of the molecule is CCc1c(-c2ccc3c(c2)cc(CN2CCC(N(C)C)CC2)n3C)[nH]c(=O)c(C(=O)O)c1O. The number of aryl methyl sites for hydroxylation is 1. The van der Waals surface area contributed by atoms with Crippen LogP contribution in [-0.4, -0.2) is 68.8 Å². The minimum Gasteiger partial charge on any atom is -0.506 e. The molecular weight excluding hydrogens is 420 g/mol. The summed E-state index contributed by atoms with van der Waals surface area (Å²) in [5.74, 6) is -1.90. The van der Waals surface area contributed by atoms with Gasteiger partial charge in [0, 0.05) is 54.9 Å². The zero-order valence-corrected chi connectivity index (χ0v) is 19.7. The first kappa shape index (κ1) is 23.1. The Morgan fingerprint density at radius 3 is 2.52 bits per heavy atom. The number of aromatic nitrogens is 2. The van der Waals surface area contributed by atoms with Gasteiger partial charge in [-0.15, -0.1) is 0 Å². The Hall–Kier alpha value is -3.10. The minimum absolute atomic E-state index is 0.388. The predicted molar refractivity (Wildman–Crippen MR) is 129 cm³/mol. The Kier molecular flexibility index (Phi) is 6.32. The molecule has 0 aliphatic carbocycles. The van der Waals surface area contributed by atoms with Crippen molar-refractivity contribution in [2.24, 2.45) is 7.05 Å². The summed E-state index contributed by atoms with van der Waals surface area (Å²) in [6.07, 6.45) is 2.73. The van der Waals surface area contributed by atoms with E-state index in [0.29, 0.717) is 23.7 Å². The van der Waals surface area contributed by atoms with E-state index in [9.17, 15) is 19.8 Å². The first-order valence-corrected chi connectivity index (χ1v) is 11.4. The Bertz CT molecular complexity index is 1250. The molecule has 1 aliphatic rings. The molecule has 1 saturated heterocycles. The lowest BCUT2D eigenvalue weighted by molar-refractivity contribution is 0.0691. The lowest BCUT2D eigenvalue weighted by Gasteiger charge is -2.35. The second kappa shape index (κ2) is 9.03. The largest absolute Gasteiger partial charge is 0.506 e. The minimum atomic E-state index is -1.44. The number of nitrogens with zero attached hydrogens (tertiary/aromatic N) is 3. The van der Waals surface area contributed by atoms with E-state index >= 15 is 0 Å². The molecule has 0 saturated carbocycles. The lowest BCUT2D eigenvalue weighted by atomic mass is 9.99. The van der Waals surface area contributed by atoms with Crippen molar-refractivity contribution in [1.82, 2.24) is 19.4 Å². The smallest absolute Gasteiger partial charge is 0.345 e. The first-order chi connectivity index (χ1) is 15.7. The van der Waals surface area contributed by atoms with Gasteiger partial charge >= 0.3 is 5.97 Å². The first-order valence-electron chi connectivity index (χ1n) is 11.4. The molecule has 0 bridgehead atoms. The average Bonchev–Trinajstić information content (AvgIpc) is 3.08. The van der Waals surface area contributed by atoms with Crippen LogP contribution in [0.4, 0.5) is 0 Å². The highest BCUT2D eigenvalue weighted by Crippen LogP contribution is 2.32. The van der Waals surface area contributed by atoms with E-state index in [1.165, 1.54) is 18.5 Å². The van der Waals surface area contributed by atoms with E-state index in [-0.39, 0.29) is 0 Å². The van der Waals surface area contributed by atoms with Gasteiger partial charge in [-0.05, 0) is 57.1 Å². The number of nitrogens with one attached hydrogen (secondary N) is 1. The molecular formula is C25H32N4O4. The Balaban J connectivity index is 1.66. The molecule has 33 heavy (non-hydrogen) atoms. The number of aromatic amines is 1. The molecule has 1 aromatic carbocycles. The number of hydrogen-bond donors (Lipinski definition) is 3. The van der Waals surface area contributed by atoms with Crippen LogP contribution in [0, 0.1) is 0 Å². The van der Waals surface area contributed by atoms with Crippen molar-refractivity contribution in [3.8, 4) is 17.0 Å². The molecule has 0 atom stereocenters. The number of carbonyl (C=O) groups is 1. The van der Waals surface area contributed by atoms with Crippen molar-refractivity contribution in [3.05, 3.63) is 51.4 Å². The summed E-state index contributed by atoms with van der Waals surface area (Å²) >= 11 is 0. The lowest BCUT2D eigenvalue weighted by Crippen LogP contribution is -2.41. The van der Waals surface area contributed by atoms with Crippen molar-refractivity contribution < 1.29 is 15.0 Å². The number of benzene rings is 1. The molecule has 0 unspecified atom stereocenters. The zero-order valence-electron chi connectivity index (χ0n) is 19.7. The van der Waals surface area contributed by atoms with Crippen LogP contribution in [0.2, 0.25) is 0 Å². The Morgan fingerprint density at radius 2 is 1.91 bits per heavy atom. The second-order valence-electron chi connectivity index (χ2n) is 9.13. The van der Waals surface area contributed by atoms with Crippen LogP contribution >= 0.6 is 0 Å². The molecule has 4 rings (SSSR count). The number of rotatable bonds is 6. The van der Waals surface area contributed by atoms with Gasteiger partial charge in [0.1, 0.15) is 5.75 Å². The van der Waals surface area contributed by atoms with Gasteiger partial charge in [0.2, 0.25) is 0 Å². The number of aromatic hydroxyl groups is 1. The number of pyridine rings is 1. The monoisotopic (exact) mass is 452 g/mol. The van der Waals surface area contributed by atoms with E-state index in [0.717, 1.165) is 36.1 Å². The number of carboxylic acids is 1. The number of piperidine rings is 1. The Morgan fingerprint density at radius 1 is 1.21 bits per heavy atom. The normalized spacial score (nSPS) is 15.5. The van der Waals surface area contributed by atoms with Gasteiger partial charge in [0.15, 0.2) is 5.56 Å². The molecule has 8 nitrogen and oxygen atoms in total. The third kappa shape index (κ3) is 4.28.